The van der Waals surface area contributed by atoms with Crippen LogP contribution >= 0.6 is 0 Å². The third kappa shape index (κ3) is 8.59. The fourth-order valence-electron chi connectivity index (χ4n) is 1.26. The normalized spacial score (nSPS) is 16.8. The average Bonchev–Trinajstić information content (AvgIpc) is 2.08. The first-order valence-corrected chi connectivity index (χ1v) is 7.87. The van der Waals surface area contributed by atoms with E-state index in [4.69, 9.17) is 3.79 Å². The molecule has 0 unspecified atom stereocenters. The SMILES string of the molecule is CCCCC.[CH3][Al]1[CH2]CCC[O]1. The van der Waals surface area contributed by atoms with Gasteiger partial charge in [-0.15, -0.1) is 0 Å². The van der Waals surface area contributed by atoms with E-state index >= 15 is 0 Å². The smallest absolute Gasteiger partial charge is 0.457 e. The molecule has 0 aliphatic carbocycles. The zero-order chi connectivity index (χ0) is 9.23. The van der Waals surface area contributed by atoms with Crippen molar-refractivity contribution in [2.75, 3.05) is 6.61 Å². The molecule has 1 nitrogen and oxygen atoms in total. The summed E-state index contributed by atoms with van der Waals surface area (Å²) in [6.45, 7) is 5.47. The van der Waals surface area contributed by atoms with E-state index in [0.29, 0.717) is 0 Å². The summed E-state index contributed by atoms with van der Waals surface area (Å²) in [5, 5.41) is 1.40. The van der Waals surface area contributed by atoms with Crippen LogP contribution in [0.3, 0.4) is 0 Å². The van der Waals surface area contributed by atoms with Gasteiger partial charge in [0.25, 0.3) is 0 Å². The highest BCUT2D eigenvalue weighted by molar-refractivity contribution is 6.50. The van der Waals surface area contributed by atoms with Crippen LogP contribution in [0.25, 0.3) is 0 Å². The van der Waals surface area contributed by atoms with Gasteiger partial charge >= 0.3 is 14.5 Å². The standard InChI is InChI=1S/C5H12.C4H8O.CH3.Al/c1-3-5-4-2;1-2-3-4-5;;/h3-5H2,1-2H3;1-4H2;1H3;/q;-1;;+1. The predicted molar refractivity (Wildman–Crippen MR) is 56.8 cm³/mol. The molecule has 2 heteroatoms. The summed E-state index contributed by atoms with van der Waals surface area (Å²) in [5.41, 5.74) is 0. The lowest BCUT2D eigenvalue weighted by Crippen LogP contribution is -2.18. The van der Waals surface area contributed by atoms with Crippen molar-refractivity contribution in [2.45, 2.75) is 57.0 Å². The van der Waals surface area contributed by atoms with Crippen molar-refractivity contribution in [2.24, 2.45) is 0 Å². The minimum Gasteiger partial charge on any atom is -0.501 e. The molecule has 1 aliphatic rings. The van der Waals surface area contributed by atoms with Crippen LogP contribution in [0.1, 0.15) is 46.0 Å². The van der Waals surface area contributed by atoms with Gasteiger partial charge in [-0.1, -0.05) is 50.6 Å². The highest BCUT2D eigenvalue weighted by Crippen LogP contribution is 2.09. The Hall–Kier alpha value is 0.492. The lowest BCUT2D eigenvalue weighted by Gasteiger charge is -2.13. The molecule has 0 atom stereocenters. The highest BCUT2D eigenvalue weighted by atomic mass is 27.2. The van der Waals surface area contributed by atoms with Crippen LogP contribution < -0.4 is 0 Å². The van der Waals surface area contributed by atoms with Gasteiger partial charge in [-0.2, -0.15) is 0 Å². The van der Waals surface area contributed by atoms with Crippen molar-refractivity contribution < 1.29 is 3.79 Å². The molecule has 1 aliphatic heterocycles. The zero-order valence-corrected chi connectivity index (χ0v) is 10.1. The van der Waals surface area contributed by atoms with Crippen LogP contribution in [0.2, 0.25) is 11.1 Å². The largest absolute Gasteiger partial charge is 0.501 e. The van der Waals surface area contributed by atoms with E-state index in [0.717, 1.165) is 6.61 Å². The predicted octanol–water partition coefficient (Wildman–Crippen LogP) is 3.61. The molecule has 0 aromatic rings. The Labute approximate surface area is 82.2 Å². The third-order valence-corrected chi connectivity index (χ3v) is 4.14. The van der Waals surface area contributed by atoms with E-state index in [1.807, 2.05) is 0 Å². The van der Waals surface area contributed by atoms with Crippen LogP contribution in [-0.2, 0) is 3.79 Å². The zero-order valence-electron chi connectivity index (χ0n) is 8.94. The second kappa shape index (κ2) is 9.58. The van der Waals surface area contributed by atoms with Gasteiger partial charge in [-0.25, -0.2) is 0 Å². The molecule has 0 aromatic carbocycles. The second-order valence-corrected chi connectivity index (χ2v) is 6.06. The van der Waals surface area contributed by atoms with Gasteiger partial charge in [0, 0.05) is 6.61 Å². The molecule has 0 amide bonds. The van der Waals surface area contributed by atoms with Crippen LogP contribution in [0.15, 0.2) is 0 Å². The van der Waals surface area contributed by atoms with Gasteiger partial charge in [-0.3, -0.25) is 0 Å². The number of hydrogen-bond donors (Lipinski definition) is 0. The summed E-state index contributed by atoms with van der Waals surface area (Å²) in [6, 6.07) is 0. The average molecular weight is 186 g/mol. The minimum absolute atomic E-state index is 0.595. The monoisotopic (exact) mass is 186 g/mol. The van der Waals surface area contributed by atoms with E-state index in [9.17, 15) is 0 Å². The third-order valence-electron chi connectivity index (χ3n) is 2.11. The van der Waals surface area contributed by atoms with E-state index in [1.165, 1.54) is 37.4 Å². The van der Waals surface area contributed by atoms with Gasteiger partial charge in [0.1, 0.15) is 0 Å². The molecular formula is C10H23AlO. The molecule has 1 heterocycles. The Morgan fingerprint density at radius 3 is 2.00 bits per heavy atom. The molecule has 1 rings (SSSR count). The van der Waals surface area contributed by atoms with Crippen molar-refractivity contribution in [1.29, 1.82) is 0 Å². The molecule has 0 spiro atoms. The van der Waals surface area contributed by atoms with Gasteiger partial charge in [-0.05, 0) is 6.42 Å². The Balaban J connectivity index is 0.000000217. The van der Waals surface area contributed by atoms with Crippen LogP contribution in [0.4, 0.5) is 0 Å². The first kappa shape index (κ1) is 12.5. The maximum absolute atomic E-state index is 5.42. The Morgan fingerprint density at radius 1 is 1.17 bits per heavy atom. The summed E-state index contributed by atoms with van der Waals surface area (Å²) in [7, 11) is 0. The fraction of sp³-hybridized carbons (Fsp3) is 1.00. The van der Waals surface area contributed by atoms with Crippen LogP contribution in [0, 0.1) is 0 Å². The summed E-state index contributed by atoms with van der Waals surface area (Å²) in [6.07, 6.45) is 6.80. The van der Waals surface area contributed by atoms with Crippen LogP contribution in [-0.4, -0.2) is 21.1 Å². The Morgan fingerprint density at radius 2 is 1.83 bits per heavy atom. The molecule has 0 aromatic heterocycles. The molecule has 12 heavy (non-hydrogen) atoms. The number of hydrogen-bond acceptors (Lipinski definition) is 1. The second-order valence-electron chi connectivity index (χ2n) is 3.53. The summed E-state index contributed by atoms with van der Waals surface area (Å²) in [4.78, 5) is 0. The summed E-state index contributed by atoms with van der Waals surface area (Å²) < 4.78 is 5.42. The lowest BCUT2D eigenvalue weighted by atomic mass is 10.3. The molecule has 0 radical (unpaired) electrons. The molecular weight excluding hydrogens is 163 g/mol. The Kier molecular flexibility index (Phi) is 9.97. The summed E-state index contributed by atoms with van der Waals surface area (Å²) in [5.74, 6) is 2.28. The van der Waals surface area contributed by atoms with E-state index < -0.39 is 14.5 Å². The minimum atomic E-state index is -0.595. The number of unbranched alkanes of at least 4 members (excludes halogenated alkanes) is 2. The van der Waals surface area contributed by atoms with E-state index in [2.05, 4.69) is 19.6 Å². The maximum atomic E-state index is 5.42. The van der Waals surface area contributed by atoms with Crippen molar-refractivity contribution >= 4 is 14.5 Å². The highest BCUT2D eigenvalue weighted by Gasteiger charge is 2.15. The molecule has 72 valence electrons. The molecule has 0 saturated carbocycles. The van der Waals surface area contributed by atoms with Gasteiger partial charge < -0.3 is 3.79 Å². The van der Waals surface area contributed by atoms with E-state index in [1.54, 1.807) is 0 Å². The molecule has 1 fully saturated rings. The topological polar surface area (TPSA) is 9.23 Å². The Bertz CT molecular complexity index is 77.9. The van der Waals surface area contributed by atoms with Gasteiger partial charge in [0.05, 0.1) is 0 Å². The molecule has 0 bridgehead atoms. The van der Waals surface area contributed by atoms with Crippen molar-refractivity contribution in [3.63, 3.8) is 0 Å². The van der Waals surface area contributed by atoms with Gasteiger partial charge in [0.15, 0.2) is 0 Å². The number of rotatable bonds is 2. The summed E-state index contributed by atoms with van der Waals surface area (Å²) >= 11 is -0.595. The first-order chi connectivity index (χ1) is 5.81. The van der Waals surface area contributed by atoms with Gasteiger partial charge in [0.2, 0.25) is 0 Å². The van der Waals surface area contributed by atoms with Crippen molar-refractivity contribution in [3.8, 4) is 0 Å². The molecule has 1 saturated heterocycles. The molecule has 0 N–H and O–H groups in total. The van der Waals surface area contributed by atoms with Crippen molar-refractivity contribution in [3.05, 3.63) is 0 Å². The lowest BCUT2D eigenvalue weighted by molar-refractivity contribution is 0.291. The maximum Gasteiger partial charge on any atom is 0.457 e. The van der Waals surface area contributed by atoms with Crippen molar-refractivity contribution in [1.82, 2.24) is 0 Å². The van der Waals surface area contributed by atoms with E-state index in [-0.39, 0.29) is 0 Å². The van der Waals surface area contributed by atoms with Crippen LogP contribution in [0.5, 0.6) is 0 Å². The fourth-order valence-corrected chi connectivity index (χ4v) is 2.85. The first-order valence-electron chi connectivity index (χ1n) is 5.42. The quantitative estimate of drug-likeness (QED) is 0.598.